The Morgan fingerprint density at radius 3 is 2.25 bits per heavy atom. The van der Waals surface area contributed by atoms with E-state index in [1.165, 1.54) is 12.4 Å². The lowest BCUT2D eigenvalue weighted by atomic mass is 10.2. The summed E-state index contributed by atoms with van der Waals surface area (Å²) in [5.41, 5.74) is 1.14. The molecule has 0 bridgehead atoms. The Morgan fingerprint density at radius 1 is 1.05 bits per heavy atom. The standard InChI is InChI=1S/C13H13N3O3S/c1-20(18,19)16-12-5-3-2-4-11(12)15-13(17)10-6-8-14-9-7-10/h2-9,16H,1H3,(H,15,17). The van der Waals surface area contributed by atoms with Crippen molar-refractivity contribution in [1.29, 1.82) is 0 Å². The smallest absolute Gasteiger partial charge is 0.255 e. The molecule has 2 rings (SSSR count). The summed E-state index contributed by atoms with van der Waals surface area (Å²) in [5.74, 6) is -0.338. The second-order valence-corrected chi connectivity index (χ2v) is 5.86. The number of nitrogens with zero attached hydrogens (tertiary/aromatic N) is 1. The topological polar surface area (TPSA) is 88.2 Å². The van der Waals surface area contributed by atoms with Crippen LogP contribution in [0.2, 0.25) is 0 Å². The van der Waals surface area contributed by atoms with Crippen LogP contribution >= 0.6 is 0 Å². The predicted octanol–water partition coefficient (Wildman–Crippen LogP) is 1.71. The molecule has 1 amide bonds. The summed E-state index contributed by atoms with van der Waals surface area (Å²) in [5, 5.41) is 2.66. The molecule has 0 fully saturated rings. The van der Waals surface area contributed by atoms with E-state index in [1.807, 2.05) is 0 Å². The van der Waals surface area contributed by atoms with Crippen molar-refractivity contribution in [3.05, 3.63) is 54.4 Å². The minimum atomic E-state index is -3.41. The molecule has 0 radical (unpaired) electrons. The SMILES string of the molecule is CS(=O)(=O)Nc1ccccc1NC(=O)c1ccncc1. The van der Waals surface area contributed by atoms with Gasteiger partial charge in [0.1, 0.15) is 0 Å². The lowest BCUT2D eigenvalue weighted by molar-refractivity contribution is 0.102. The number of rotatable bonds is 4. The van der Waals surface area contributed by atoms with Gasteiger partial charge < -0.3 is 5.32 Å². The highest BCUT2D eigenvalue weighted by atomic mass is 32.2. The van der Waals surface area contributed by atoms with Crippen molar-refractivity contribution in [2.75, 3.05) is 16.3 Å². The molecular formula is C13H13N3O3S. The van der Waals surface area contributed by atoms with Gasteiger partial charge in [0.2, 0.25) is 10.0 Å². The number of para-hydroxylation sites is 2. The molecule has 1 heterocycles. The first-order valence-corrected chi connectivity index (χ1v) is 7.63. The van der Waals surface area contributed by atoms with Crippen LogP contribution in [0.1, 0.15) is 10.4 Å². The van der Waals surface area contributed by atoms with E-state index in [1.54, 1.807) is 36.4 Å². The molecule has 0 unspecified atom stereocenters. The van der Waals surface area contributed by atoms with E-state index < -0.39 is 10.0 Å². The van der Waals surface area contributed by atoms with Gasteiger partial charge in [0.25, 0.3) is 5.91 Å². The van der Waals surface area contributed by atoms with Crippen molar-refractivity contribution in [2.24, 2.45) is 0 Å². The van der Waals surface area contributed by atoms with Gasteiger partial charge in [-0.05, 0) is 24.3 Å². The van der Waals surface area contributed by atoms with Crippen molar-refractivity contribution in [3.63, 3.8) is 0 Å². The maximum absolute atomic E-state index is 12.0. The largest absolute Gasteiger partial charge is 0.320 e. The summed E-state index contributed by atoms with van der Waals surface area (Å²) in [6.07, 6.45) is 4.07. The second kappa shape index (κ2) is 5.70. The second-order valence-electron chi connectivity index (χ2n) is 4.11. The molecule has 20 heavy (non-hydrogen) atoms. The molecule has 7 heteroatoms. The first kappa shape index (κ1) is 14.0. The van der Waals surface area contributed by atoms with Gasteiger partial charge in [-0.3, -0.25) is 14.5 Å². The summed E-state index contributed by atoms with van der Waals surface area (Å²) < 4.78 is 24.9. The minimum Gasteiger partial charge on any atom is -0.320 e. The first-order valence-electron chi connectivity index (χ1n) is 5.74. The van der Waals surface area contributed by atoms with Crippen molar-refractivity contribution in [2.45, 2.75) is 0 Å². The summed E-state index contributed by atoms with van der Waals surface area (Å²) >= 11 is 0. The van der Waals surface area contributed by atoms with E-state index >= 15 is 0 Å². The van der Waals surface area contributed by atoms with E-state index in [9.17, 15) is 13.2 Å². The third kappa shape index (κ3) is 3.79. The van der Waals surface area contributed by atoms with E-state index in [0.29, 0.717) is 16.9 Å². The number of amides is 1. The molecular weight excluding hydrogens is 278 g/mol. The molecule has 1 aromatic heterocycles. The highest BCUT2D eigenvalue weighted by molar-refractivity contribution is 7.92. The molecule has 0 aliphatic heterocycles. The van der Waals surface area contributed by atoms with E-state index in [-0.39, 0.29) is 5.91 Å². The zero-order valence-corrected chi connectivity index (χ0v) is 11.5. The summed E-state index contributed by atoms with van der Waals surface area (Å²) in [6.45, 7) is 0. The Kier molecular flexibility index (Phi) is 3.99. The summed E-state index contributed by atoms with van der Waals surface area (Å²) in [6, 6.07) is 9.71. The van der Waals surface area contributed by atoms with Crippen LogP contribution in [0.4, 0.5) is 11.4 Å². The fourth-order valence-electron chi connectivity index (χ4n) is 1.58. The van der Waals surface area contributed by atoms with Gasteiger partial charge in [0.15, 0.2) is 0 Å². The Hall–Kier alpha value is -2.41. The highest BCUT2D eigenvalue weighted by Gasteiger charge is 2.10. The predicted molar refractivity (Wildman–Crippen MR) is 77.1 cm³/mol. The number of pyridine rings is 1. The van der Waals surface area contributed by atoms with Crippen molar-refractivity contribution in [3.8, 4) is 0 Å². The quantitative estimate of drug-likeness (QED) is 0.897. The Balaban J connectivity index is 2.24. The lowest BCUT2D eigenvalue weighted by Gasteiger charge is -2.11. The molecule has 0 saturated carbocycles. The molecule has 6 nitrogen and oxygen atoms in total. The summed E-state index contributed by atoms with van der Waals surface area (Å²) in [4.78, 5) is 15.8. The average Bonchev–Trinajstić information content (AvgIpc) is 2.40. The fourth-order valence-corrected chi connectivity index (χ4v) is 2.16. The number of hydrogen-bond donors (Lipinski definition) is 2. The van der Waals surface area contributed by atoms with Gasteiger partial charge in [-0.2, -0.15) is 0 Å². The lowest BCUT2D eigenvalue weighted by Crippen LogP contribution is -2.16. The van der Waals surface area contributed by atoms with Crippen LogP contribution in [0.15, 0.2) is 48.8 Å². The Morgan fingerprint density at radius 2 is 1.65 bits per heavy atom. The number of anilines is 2. The number of carbonyl (C=O) groups excluding carboxylic acids is 1. The van der Waals surface area contributed by atoms with Crippen LogP contribution in [0.3, 0.4) is 0 Å². The van der Waals surface area contributed by atoms with Crippen LogP contribution < -0.4 is 10.0 Å². The van der Waals surface area contributed by atoms with Crippen LogP contribution in [-0.4, -0.2) is 25.6 Å². The van der Waals surface area contributed by atoms with Crippen molar-refractivity contribution < 1.29 is 13.2 Å². The fraction of sp³-hybridized carbons (Fsp3) is 0.0769. The van der Waals surface area contributed by atoms with Crippen LogP contribution in [0, 0.1) is 0 Å². The van der Waals surface area contributed by atoms with Crippen molar-refractivity contribution >= 4 is 27.3 Å². The van der Waals surface area contributed by atoms with Crippen LogP contribution in [0.5, 0.6) is 0 Å². The molecule has 0 spiro atoms. The molecule has 2 N–H and O–H groups in total. The van der Waals surface area contributed by atoms with Gasteiger partial charge in [-0.15, -0.1) is 0 Å². The van der Waals surface area contributed by atoms with Crippen LogP contribution in [-0.2, 0) is 10.0 Å². The molecule has 0 aliphatic rings. The monoisotopic (exact) mass is 291 g/mol. The molecule has 0 saturated heterocycles. The number of sulfonamides is 1. The third-order valence-electron chi connectivity index (χ3n) is 2.41. The van der Waals surface area contributed by atoms with Gasteiger partial charge >= 0.3 is 0 Å². The Bertz CT molecular complexity index is 715. The normalized spacial score (nSPS) is 10.8. The van der Waals surface area contributed by atoms with E-state index in [4.69, 9.17) is 0 Å². The van der Waals surface area contributed by atoms with Gasteiger partial charge in [-0.1, -0.05) is 12.1 Å². The highest BCUT2D eigenvalue weighted by Crippen LogP contribution is 2.22. The zero-order valence-electron chi connectivity index (χ0n) is 10.7. The molecule has 0 aliphatic carbocycles. The maximum Gasteiger partial charge on any atom is 0.255 e. The average molecular weight is 291 g/mol. The number of hydrogen-bond acceptors (Lipinski definition) is 4. The third-order valence-corrected chi connectivity index (χ3v) is 3.00. The number of carbonyl (C=O) groups is 1. The first-order chi connectivity index (χ1) is 9.46. The number of nitrogens with one attached hydrogen (secondary N) is 2. The summed E-state index contributed by atoms with van der Waals surface area (Å²) in [7, 11) is -3.41. The molecule has 0 atom stereocenters. The van der Waals surface area contributed by atoms with E-state index in [0.717, 1.165) is 6.26 Å². The van der Waals surface area contributed by atoms with E-state index in [2.05, 4.69) is 15.0 Å². The van der Waals surface area contributed by atoms with Gasteiger partial charge in [0.05, 0.1) is 17.6 Å². The van der Waals surface area contributed by atoms with Gasteiger partial charge in [-0.25, -0.2) is 8.42 Å². The van der Waals surface area contributed by atoms with Crippen LogP contribution in [0.25, 0.3) is 0 Å². The zero-order chi connectivity index (χ0) is 14.6. The molecule has 104 valence electrons. The van der Waals surface area contributed by atoms with Crippen molar-refractivity contribution in [1.82, 2.24) is 4.98 Å². The molecule has 2 aromatic rings. The number of aromatic nitrogens is 1. The Labute approximate surface area is 116 Å². The van der Waals surface area contributed by atoms with Gasteiger partial charge in [0, 0.05) is 18.0 Å². The maximum atomic E-state index is 12.0. The minimum absolute atomic E-state index is 0.317. The number of benzene rings is 1. The molecule has 1 aromatic carbocycles.